The zero-order valence-electron chi connectivity index (χ0n) is 11.8. The lowest BCUT2D eigenvalue weighted by Crippen LogP contribution is -2.22. The molecule has 0 aliphatic carbocycles. The quantitative estimate of drug-likeness (QED) is 0.860. The summed E-state index contributed by atoms with van der Waals surface area (Å²) in [5, 5.41) is 0.569. The molecule has 2 aromatic rings. The van der Waals surface area contributed by atoms with Crippen LogP contribution < -0.4 is 5.73 Å². The van der Waals surface area contributed by atoms with Crippen molar-refractivity contribution in [2.24, 2.45) is 12.8 Å². The summed E-state index contributed by atoms with van der Waals surface area (Å²) < 4.78 is 1.97. The first-order valence-electron chi connectivity index (χ1n) is 6.72. The van der Waals surface area contributed by atoms with Crippen LogP contribution in [0, 0.1) is 0 Å². The number of ketones is 1. The number of halogens is 1. The zero-order chi connectivity index (χ0) is 14.7. The van der Waals surface area contributed by atoms with Crippen LogP contribution in [0.3, 0.4) is 0 Å². The standard InChI is InChI=1S/C16H19ClN2O/c1-3-14(18)9-15-8-12(10-19(15)2)16(20)11-5-4-6-13(17)7-11/h4-8,10,14H,3,9,18H2,1-2H3. The number of benzene rings is 1. The van der Waals surface area contributed by atoms with E-state index in [1.807, 2.05) is 23.9 Å². The molecule has 2 rings (SSSR count). The third-order valence-corrected chi connectivity index (χ3v) is 3.69. The maximum atomic E-state index is 12.4. The molecule has 2 N–H and O–H groups in total. The number of nitrogens with zero attached hydrogens (tertiary/aromatic N) is 1. The second-order valence-electron chi connectivity index (χ2n) is 5.04. The third kappa shape index (κ3) is 3.30. The van der Waals surface area contributed by atoms with Gasteiger partial charge in [0.2, 0.25) is 0 Å². The zero-order valence-corrected chi connectivity index (χ0v) is 12.5. The molecule has 1 unspecified atom stereocenters. The number of nitrogens with two attached hydrogens (primary N) is 1. The molecule has 0 fully saturated rings. The minimum atomic E-state index is -0.0144. The van der Waals surface area contributed by atoms with Crippen molar-refractivity contribution in [2.45, 2.75) is 25.8 Å². The van der Waals surface area contributed by atoms with Crippen LogP contribution in [0.25, 0.3) is 0 Å². The molecule has 1 aromatic heterocycles. The van der Waals surface area contributed by atoms with Crippen LogP contribution in [-0.4, -0.2) is 16.4 Å². The Balaban J connectivity index is 2.25. The molecule has 0 spiro atoms. The predicted octanol–water partition coefficient (Wildman–Crippen LogP) is 3.19. The number of aryl methyl sites for hydroxylation is 1. The van der Waals surface area contributed by atoms with E-state index in [-0.39, 0.29) is 11.8 Å². The van der Waals surface area contributed by atoms with Gasteiger partial charge in [0, 0.05) is 47.6 Å². The number of hydrogen-bond donors (Lipinski definition) is 1. The molecule has 0 aliphatic heterocycles. The van der Waals surface area contributed by atoms with E-state index in [0.29, 0.717) is 16.1 Å². The molecule has 0 aliphatic rings. The molecule has 1 atom stereocenters. The molecule has 4 heteroatoms. The largest absolute Gasteiger partial charge is 0.354 e. The number of carbonyl (C=O) groups excluding carboxylic acids is 1. The fourth-order valence-electron chi connectivity index (χ4n) is 2.15. The number of rotatable bonds is 5. The van der Waals surface area contributed by atoms with E-state index in [0.717, 1.165) is 18.5 Å². The van der Waals surface area contributed by atoms with Crippen molar-refractivity contribution in [1.82, 2.24) is 4.57 Å². The van der Waals surface area contributed by atoms with E-state index in [1.165, 1.54) is 0 Å². The van der Waals surface area contributed by atoms with Gasteiger partial charge in [-0.3, -0.25) is 4.79 Å². The van der Waals surface area contributed by atoms with Gasteiger partial charge in [-0.15, -0.1) is 0 Å². The van der Waals surface area contributed by atoms with Gasteiger partial charge in [-0.1, -0.05) is 30.7 Å². The Morgan fingerprint density at radius 2 is 2.10 bits per heavy atom. The highest BCUT2D eigenvalue weighted by Crippen LogP contribution is 2.17. The Morgan fingerprint density at radius 3 is 2.75 bits per heavy atom. The summed E-state index contributed by atoms with van der Waals surface area (Å²) in [5.41, 5.74) is 8.33. The van der Waals surface area contributed by atoms with Crippen LogP contribution >= 0.6 is 11.6 Å². The first kappa shape index (κ1) is 14.8. The van der Waals surface area contributed by atoms with Crippen LogP contribution in [0.15, 0.2) is 36.5 Å². The first-order chi connectivity index (χ1) is 9.51. The van der Waals surface area contributed by atoms with Gasteiger partial charge in [-0.05, 0) is 24.6 Å². The fraction of sp³-hybridized carbons (Fsp3) is 0.312. The van der Waals surface area contributed by atoms with Gasteiger partial charge >= 0.3 is 0 Å². The van der Waals surface area contributed by atoms with E-state index in [4.69, 9.17) is 17.3 Å². The molecular weight excluding hydrogens is 272 g/mol. The van der Waals surface area contributed by atoms with Gasteiger partial charge in [-0.25, -0.2) is 0 Å². The van der Waals surface area contributed by atoms with Crippen molar-refractivity contribution in [3.8, 4) is 0 Å². The van der Waals surface area contributed by atoms with Gasteiger partial charge in [0.1, 0.15) is 0 Å². The molecule has 20 heavy (non-hydrogen) atoms. The van der Waals surface area contributed by atoms with Gasteiger partial charge in [0.25, 0.3) is 0 Å². The molecule has 0 amide bonds. The number of carbonyl (C=O) groups is 1. The average molecular weight is 291 g/mol. The van der Waals surface area contributed by atoms with E-state index < -0.39 is 0 Å². The fourth-order valence-corrected chi connectivity index (χ4v) is 2.34. The summed E-state index contributed by atoms with van der Waals surface area (Å²) >= 11 is 5.93. The third-order valence-electron chi connectivity index (χ3n) is 3.45. The van der Waals surface area contributed by atoms with E-state index in [9.17, 15) is 4.79 Å². The number of aromatic nitrogens is 1. The van der Waals surface area contributed by atoms with Crippen LogP contribution in [0.4, 0.5) is 0 Å². The van der Waals surface area contributed by atoms with Crippen LogP contribution in [0.2, 0.25) is 5.02 Å². The Bertz CT molecular complexity index is 619. The molecular formula is C16H19ClN2O. The Hall–Kier alpha value is -1.58. The van der Waals surface area contributed by atoms with Crippen molar-refractivity contribution in [1.29, 1.82) is 0 Å². The Labute approximate surface area is 124 Å². The average Bonchev–Trinajstić information content (AvgIpc) is 2.79. The second kappa shape index (κ2) is 6.25. The maximum Gasteiger partial charge on any atom is 0.194 e. The predicted molar refractivity (Wildman–Crippen MR) is 82.3 cm³/mol. The van der Waals surface area contributed by atoms with Crippen molar-refractivity contribution in [3.05, 3.63) is 58.4 Å². The van der Waals surface area contributed by atoms with Gasteiger partial charge < -0.3 is 10.3 Å². The highest BCUT2D eigenvalue weighted by molar-refractivity contribution is 6.31. The summed E-state index contributed by atoms with van der Waals surface area (Å²) in [5.74, 6) is -0.0144. The molecule has 0 saturated heterocycles. The summed E-state index contributed by atoms with van der Waals surface area (Å²) in [6.07, 6.45) is 3.54. The molecule has 106 valence electrons. The minimum Gasteiger partial charge on any atom is -0.354 e. The summed E-state index contributed by atoms with van der Waals surface area (Å²) in [6, 6.07) is 9.05. The van der Waals surface area contributed by atoms with E-state index >= 15 is 0 Å². The van der Waals surface area contributed by atoms with Crippen LogP contribution in [0.5, 0.6) is 0 Å². The molecule has 1 heterocycles. The van der Waals surface area contributed by atoms with Gasteiger partial charge in [0.15, 0.2) is 5.78 Å². The lowest BCUT2D eigenvalue weighted by atomic mass is 10.0. The lowest BCUT2D eigenvalue weighted by molar-refractivity contribution is 0.103. The molecule has 0 radical (unpaired) electrons. The topological polar surface area (TPSA) is 48.0 Å². The monoisotopic (exact) mass is 290 g/mol. The normalized spacial score (nSPS) is 12.4. The van der Waals surface area contributed by atoms with Crippen molar-refractivity contribution in [2.75, 3.05) is 0 Å². The maximum absolute atomic E-state index is 12.4. The smallest absolute Gasteiger partial charge is 0.194 e. The Morgan fingerprint density at radius 1 is 1.35 bits per heavy atom. The summed E-state index contributed by atoms with van der Waals surface area (Å²) in [7, 11) is 1.94. The van der Waals surface area contributed by atoms with Crippen LogP contribution in [-0.2, 0) is 13.5 Å². The van der Waals surface area contributed by atoms with Crippen LogP contribution in [0.1, 0.15) is 35.0 Å². The van der Waals surface area contributed by atoms with E-state index in [2.05, 4.69) is 6.92 Å². The van der Waals surface area contributed by atoms with Crippen molar-refractivity contribution >= 4 is 17.4 Å². The highest BCUT2D eigenvalue weighted by atomic mass is 35.5. The minimum absolute atomic E-state index is 0.0144. The van der Waals surface area contributed by atoms with Gasteiger partial charge in [0.05, 0.1) is 0 Å². The first-order valence-corrected chi connectivity index (χ1v) is 7.10. The van der Waals surface area contributed by atoms with Crippen molar-refractivity contribution in [3.63, 3.8) is 0 Å². The molecule has 3 nitrogen and oxygen atoms in total. The molecule has 1 aromatic carbocycles. The van der Waals surface area contributed by atoms with E-state index in [1.54, 1.807) is 24.3 Å². The second-order valence-corrected chi connectivity index (χ2v) is 5.48. The highest BCUT2D eigenvalue weighted by Gasteiger charge is 2.14. The van der Waals surface area contributed by atoms with Gasteiger partial charge in [-0.2, -0.15) is 0 Å². The number of hydrogen-bond acceptors (Lipinski definition) is 2. The molecule has 0 bridgehead atoms. The lowest BCUT2D eigenvalue weighted by Gasteiger charge is -2.08. The summed E-state index contributed by atoms with van der Waals surface area (Å²) in [6.45, 7) is 2.06. The molecule has 0 saturated carbocycles. The SMILES string of the molecule is CCC(N)Cc1cc(C(=O)c2cccc(Cl)c2)cn1C. The van der Waals surface area contributed by atoms with Crippen molar-refractivity contribution < 1.29 is 4.79 Å². The summed E-state index contributed by atoms with van der Waals surface area (Å²) in [4.78, 5) is 12.4. The Kier molecular flexibility index (Phi) is 4.63.